The van der Waals surface area contributed by atoms with Gasteiger partial charge >= 0.3 is 12.2 Å². The molecule has 0 radical (unpaired) electrons. The third-order valence-electron chi connectivity index (χ3n) is 3.96. The van der Waals surface area contributed by atoms with Crippen LogP contribution in [0.25, 0.3) is 11.2 Å². The summed E-state index contributed by atoms with van der Waals surface area (Å²) in [5.41, 5.74) is 7.81. The molecule has 154 valence electrons. The summed E-state index contributed by atoms with van der Waals surface area (Å²) in [5.74, 6) is 0.608. The Kier molecular flexibility index (Phi) is 7.25. The molecule has 0 amide bonds. The summed E-state index contributed by atoms with van der Waals surface area (Å²) in [6.45, 7) is 2.64. The van der Waals surface area contributed by atoms with Crippen LogP contribution in [0.2, 0.25) is 0 Å². The van der Waals surface area contributed by atoms with E-state index < -0.39 is 6.16 Å². The van der Waals surface area contributed by atoms with E-state index in [1.165, 1.54) is 11.8 Å². The zero-order chi connectivity index (χ0) is 20.6. The number of thioether (sulfide) groups is 1. The Bertz CT molecular complexity index is 964. The molecule has 0 saturated carbocycles. The minimum absolute atomic E-state index is 0.00674. The average molecular weight is 417 g/mol. The number of rotatable bonds is 9. The molecule has 0 aliphatic rings. The molecule has 10 heteroatoms. The minimum Gasteiger partial charge on any atom is -0.434 e. The van der Waals surface area contributed by atoms with E-state index in [9.17, 15) is 4.79 Å². The Balaban J connectivity index is 1.97. The molecule has 0 aliphatic carbocycles. The van der Waals surface area contributed by atoms with Gasteiger partial charge in [-0.25, -0.2) is 14.8 Å². The number of hydrogen-bond donors (Lipinski definition) is 2. The molecule has 3 rings (SSSR count). The van der Waals surface area contributed by atoms with Crippen LogP contribution in [0.4, 0.5) is 10.6 Å². The predicted molar refractivity (Wildman–Crippen MR) is 110 cm³/mol. The van der Waals surface area contributed by atoms with Gasteiger partial charge in [0.1, 0.15) is 0 Å². The molecule has 2 heterocycles. The van der Waals surface area contributed by atoms with E-state index in [1.54, 1.807) is 4.57 Å². The van der Waals surface area contributed by atoms with Crippen molar-refractivity contribution in [3.63, 3.8) is 0 Å². The van der Waals surface area contributed by atoms with E-state index in [0.29, 0.717) is 28.6 Å². The Morgan fingerprint density at radius 3 is 2.76 bits per heavy atom. The maximum Gasteiger partial charge on any atom is 0.516 e. The minimum atomic E-state index is -0.829. The zero-order valence-corrected chi connectivity index (χ0v) is 16.9. The van der Waals surface area contributed by atoms with Crippen LogP contribution in [0.3, 0.4) is 0 Å². The monoisotopic (exact) mass is 417 g/mol. The second-order valence-corrected chi connectivity index (χ2v) is 7.22. The molecular formula is C19H23N5O4S. The highest BCUT2D eigenvalue weighted by Crippen LogP contribution is 2.27. The van der Waals surface area contributed by atoms with Gasteiger partial charge in [-0.15, -0.1) is 0 Å². The van der Waals surface area contributed by atoms with Crippen molar-refractivity contribution in [1.29, 1.82) is 0 Å². The van der Waals surface area contributed by atoms with Crippen molar-refractivity contribution >= 4 is 34.9 Å². The standard InChI is InChI=1S/C19H23N5O4S/c1-2-3-10-27-19(26)28-18-21-14-15(20)22-17(29-11-9-25)23-16(14)24(18)12-13-7-5-4-6-8-13/h4-8,25H,2-3,9-12H2,1H3,(H2,20,22,23). The maximum absolute atomic E-state index is 12.1. The average Bonchev–Trinajstić information content (AvgIpc) is 3.05. The number of nitrogens with zero attached hydrogens (tertiary/aromatic N) is 4. The van der Waals surface area contributed by atoms with Crippen LogP contribution in [0, 0.1) is 0 Å². The highest BCUT2D eigenvalue weighted by Gasteiger charge is 2.21. The normalized spacial score (nSPS) is 11.0. The van der Waals surface area contributed by atoms with Crippen LogP contribution in [0.1, 0.15) is 25.3 Å². The molecule has 0 aliphatic heterocycles. The Morgan fingerprint density at radius 2 is 2.03 bits per heavy atom. The largest absolute Gasteiger partial charge is 0.516 e. The number of nitrogens with two attached hydrogens (primary N) is 1. The molecule has 3 N–H and O–H groups in total. The van der Waals surface area contributed by atoms with Gasteiger partial charge in [0.05, 0.1) is 19.8 Å². The van der Waals surface area contributed by atoms with Crippen LogP contribution in [0.15, 0.2) is 35.5 Å². The number of aliphatic hydroxyl groups is 1. The van der Waals surface area contributed by atoms with E-state index in [2.05, 4.69) is 15.0 Å². The molecule has 0 saturated heterocycles. The van der Waals surface area contributed by atoms with Crippen molar-refractivity contribution in [2.75, 3.05) is 24.7 Å². The van der Waals surface area contributed by atoms with Gasteiger partial charge in [0.25, 0.3) is 0 Å². The van der Waals surface area contributed by atoms with Crippen molar-refractivity contribution in [3.8, 4) is 6.01 Å². The number of unbranched alkanes of at least 4 members (excludes halogenated alkanes) is 1. The lowest BCUT2D eigenvalue weighted by atomic mass is 10.2. The third kappa shape index (κ3) is 5.36. The van der Waals surface area contributed by atoms with Gasteiger partial charge in [-0.1, -0.05) is 55.4 Å². The van der Waals surface area contributed by atoms with E-state index in [-0.39, 0.29) is 25.0 Å². The van der Waals surface area contributed by atoms with Crippen LogP contribution < -0.4 is 10.5 Å². The number of anilines is 1. The van der Waals surface area contributed by atoms with Crippen LogP contribution in [-0.4, -0.2) is 49.7 Å². The quantitative estimate of drug-likeness (QED) is 0.234. The first-order valence-electron chi connectivity index (χ1n) is 9.28. The lowest BCUT2D eigenvalue weighted by Crippen LogP contribution is -2.15. The number of hydrogen-bond acceptors (Lipinski definition) is 9. The number of aliphatic hydroxyl groups excluding tert-OH is 1. The number of ether oxygens (including phenoxy) is 2. The zero-order valence-electron chi connectivity index (χ0n) is 16.1. The highest BCUT2D eigenvalue weighted by atomic mass is 32.2. The molecule has 0 unspecified atom stereocenters. The number of benzene rings is 1. The molecule has 29 heavy (non-hydrogen) atoms. The summed E-state index contributed by atoms with van der Waals surface area (Å²) in [4.78, 5) is 25.1. The summed E-state index contributed by atoms with van der Waals surface area (Å²) in [7, 11) is 0. The van der Waals surface area contributed by atoms with Gasteiger partial charge < -0.3 is 20.3 Å². The molecule has 2 aromatic heterocycles. The fourth-order valence-corrected chi connectivity index (χ4v) is 3.16. The summed E-state index contributed by atoms with van der Waals surface area (Å²) < 4.78 is 12.1. The number of fused-ring (bicyclic) bond motifs is 1. The van der Waals surface area contributed by atoms with Crippen LogP contribution in [-0.2, 0) is 11.3 Å². The predicted octanol–water partition coefficient (Wildman–Crippen LogP) is 2.86. The third-order valence-corrected chi connectivity index (χ3v) is 4.79. The second-order valence-electron chi connectivity index (χ2n) is 6.16. The van der Waals surface area contributed by atoms with E-state index in [1.807, 2.05) is 37.3 Å². The summed E-state index contributed by atoms with van der Waals surface area (Å²) in [6.07, 6.45) is 0.823. The molecular weight excluding hydrogens is 394 g/mol. The molecule has 3 aromatic rings. The van der Waals surface area contributed by atoms with Crippen molar-refractivity contribution in [3.05, 3.63) is 35.9 Å². The molecule has 0 fully saturated rings. The van der Waals surface area contributed by atoms with Gasteiger partial charge in [-0.2, -0.15) is 4.98 Å². The van der Waals surface area contributed by atoms with E-state index in [0.717, 1.165) is 18.4 Å². The maximum atomic E-state index is 12.1. The van der Waals surface area contributed by atoms with Crippen molar-refractivity contribution in [2.24, 2.45) is 0 Å². The van der Waals surface area contributed by atoms with Gasteiger partial charge in [0.15, 0.2) is 22.1 Å². The van der Waals surface area contributed by atoms with Crippen molar-refractivity contribution in [2.45, 2.75) is 31.5 Å². The number of aromatic nitrogens is 4. The number of imidazole rings is 1. The topological polar surface area (TPSA) is 125 Å². The first-order valence-corrected chi connectivity index (χ1v) is 10.3. The lowest BCUT2D eigenvalue weighted by Gasteiger charge is -2.09. The number of carbonyl (C=O) groups is 1. The first kappa shape index (κ1) is 20.9. The molecule has 0 bridgehead atoms. The molecule has 9 nitrogen and oxygen atoms in total. The van der Waals surface area contributed by atoms with Gasteiger partial charge in [0.2, 0.25) is 0 Å². The van der Waals surface area contributed by atoms with Gasteiger partial charge in [-0.3, -0.25) is 4.57 Å². The smallest absolute Gasteiger partial charge is 0.434 e. The van der Waals surface area contributed by atoms with E-state index >= 15 is 0 Å². The second kappa shape index (κ2) is 10.1. The Morgan fingerprint density at radius 1 is 1.24 bits per heavy atom. The molecule has 0 atom stereocenters. The van der Waals surface area contributed by atoms with Gasteiger partial charge in [0, 0.05) is 5.75 Å². The Labute approximate surface area is 172 Å². The van der Waals surface area contributed by atoms with Crippen LogP contribution in [0.5, 0.6) is 6.01 Å². The van der Waals surface area contributed by atoms with Crippen molar-refractivity contribution in [1.82, 2.24) is 19.5 Å². The Hall–Kier alpha value is -2.85. The SMILES string of the molecule is CCCCOC(=O)Oc1nc2c(N)nc(SCCO)nc2n1Cc1ccccc1. The fraction of sp³-hybridized carbons (Fsp3) is 0.368. The molecule has 0 spiro atoms. The van der Waals surface area contributed by atoms with Crippen molar-refractivity contribution < 1.29 is 19.4 Å². The fourth-order valence-electron chi connectivity index (χ4n) is 2.57. The summed E-state index contributed by atoms with van der Waals surface area (Å²) in [5, 5.41) is 9.47. The molecule has 1 aromatic carbocycles. The summed E-state index contributed by atoms with van der Waals surface area (Å²) in [6, 6.07) is 9.68. The highest BCUT2D eigenvalue weighted by molar-refractivity contribution is 7.99. The number of carbonyl (C=O) groups excluding carboxylic acids is 1. The lowest BCUT2D eigenvalue weighted by molar-refractivity contribution is 0.0934. The van der Waals surface area contributed by atoms with Crippen LogP contribution >= 0.6 is 11.8 Å². The summed E-state index contributed by atoms with van der Waals surface area (Å²) >= 11 is 1.28. The number of nitrogen functional groups attached to an aromatic ring is 1. The van der Waals surface area contributed by atoms with Gasteiger partial charge in [-0.05, 0) is 12.0 Å². The first-order chi connectivity index (χ1) is 14.1. The van der Waals surface area contributed by atoms with E-state index in [4.69, 9.17) is 20.3 Å².